The van der Waals surface area contributed by atoms with Crippen LogP contribution in [-0.4, -0.2) is 34.9 Å². The van der Waals surface area contributed by atoms with Gasteiger partial charge in [-0.25, -0.2) is 0 Å². The number of allylic oxidation sites excluding steroid dienone is 10. The molecule has 0 fully saturated rings. The number of carbonyl (C=O) groups excluding carboxylic acids is 1. The van der Waals surface area contributed by atoms with Gasteiger partial charge in [-0.1, -0.05) is 229 Å². The minimum atomic E-state index is -0.686. The Hall–Kier alpha value is -1.91. The van der Waals surface area contributed by atoms with Gasteiger partial charge in [-0.3, -0.25) is 4.79 Å². The van der Waals surface area contributed by atoms with Crippen molar-refractivity contribution in [2.45, 2.75) is 238 Å². The molecular weight excluding hydrogens is 651 g/mol. The summed E-state index contributed by atoms with van der Waals surface area (Å²) in [6.07, 6.45) is 61.7. The molecule has 308 valence electrons. The molecule has 1 amide bonds. The second kappa shape index (κ2) is 44.5. The number of aliphatic hydroxyl groups excluding tert-OH is 2. The Morgan fingerprint density at radius 3 is 1.17 bits per heavy atom. The third-order valence-electron chi connectivity index (χ3n) is 10.3. The van der Waals surface area contributed by atoms with Crippen LogP contribution in [-0.2, 0) is 4.79 Å². The first-order valence-corrected chi connectivity index (χ1v) is 23.0. The highest BCUT2D eigenvalue weighted by atomic mass is 16.3. The zero-order valence-corrected chi connectivity index (χ0v) is 35.3. The molecule has 0 aliphatic carbocycles. The molecule has 4 nitrogen and oxygen atoms in total. The molecule has 4 heteroatoms. The number of nitrogens with one attached hydrogen (secondary N) is 1. The molecule has 0 aromatic heterocycles. The Balaban J connectivity index is 3.57. The lowest BCUT2D eigenvalue weighted by Crippen LogP contribution is -2.45. The van der Waals surface area contributed by atoms with Crippen molar-refractivity contribution in [3.05, 3.63) is 60.8 Å². The van der Waals surface area contributed by atoms with Crippen LogP contribution in [0.4, 0.5) is 0 Å². The van der Waals surface area contributed by atoms with E-state index in [1.54, 1.807) is 0 Å². The maximum atomic E-state index is 12.4. The number of amides is 1. The van der Waals surface area contributed by atoms with Crippen LogP contribution in [0.25, 0.3) is 0 Å². The lowest BCUT2D eigenvalue weighted by atomic mass is 10.0. The van der Waals surface area contributed by atoms with Gasteiger partial charge in [-0.05, 0) is 51.4 Å². The van der Waals surface area contributed by atoms with E-state index in [0.717, 1.165) is 57.8 Å². The summed E-state index contributed by atoms with van der Waals surface area (Å²) in [5.41, 5.74) is 0. The zero-order valence-electron chi connectivity index (χ0n) is 35.3. The molecule has 2 unspecified atom stereocenters. The van der Waals surface area contributed by atoms with Crippen LogP contribution in [0.1, 0.15) is 226 Å². The quantitative estimate of drug-likeness (QED) is 0.0432. The monoisotopic (exact) mass is 740 g/mol. The summed E-state index contributed by atoms with van der Waals surface area (Å²) in [6.45, 7) is 4.23. The maximum Gasteiger partial charge on any atom is 0.220 e. The van der Waals surface area contributed by atoms with E-state index in [1.165, 1.54) is 141 Å². The second-order valence-electron chi connectivity index (χ2n) is 15.4. The molecule has 0 rings (SSSR count). The number of hydrogen-bond donors (Lipinski definition) is 3. The van der Waals surface area contributed by atoms with E-state index < -0.39 is 12.1 Å². The van der Waals surface area contributed by atoms with Crippen molar-refractivity contribution in [1.82, 2.24) is 5.32 Å². The van der Waals surface area contributed by atoms with Gasteiger partial charge in [0.25, 0.3) is 0 Å². The SMILES string of the molecule is CC/C=C\C/C=C\C/C=C\C/C=C\C/C=C\CCCC(=O)NC(CO)C(O)CCCCCCCCCCCCCCCCCCCCCCCCCC. The van der Waals surface area contributed by atoms with Gasteiger partial charge in [0, 0.05) is 6.42 Å². The van der Waals surface area contributed by atoms with Crippen molar-refractivity contribution in [2.24, 2.45) is 0 Å². The predicted octanol–water partition coefficient (Wildman–Crippen LogP) is 14.5. The Morgan fingerprint density at radius 2 is 0.811 bits per heavy atom. The van der Waals surface area contributed by atoms with Gasteiger partial charge in [0.15, 0.2) is 0 Å². The van der Waals surface area contributed by atoms with Crippen LogP contribution in [0, 0.1) is 0 Å². The molecule has 0 aromatic carbocycles. The zero-order chi connectivity index (χ0) is 38.6. The van der Waals surface area contributed by atoms with E-state index in [0.29, 0.717) is 12.8 Å². The first kappa shape index (κ1) is 51.1. The minimum absolute atomic E-state index is 0.0879. The Labute approximate surface area is 330 Å². The second-order valence-corrected chi connectivity index (χ2v) is 15.4. The fraction of sp³-hybridized carbons (Fsp3) is 0.776. The van der Waals surface area contributed by atoms with Crippen molar-refractivity contribution in [3.63, 3.8) is 0 Å². The average molecular weight is 740 g/mol. The van der Waals surface area contributed by atoms with Crippen LogP contribution in [0.2, 0.25) is 0 Å². The summed E-state index contributed by atoms with van der Waals surface area (Å²) in [7, 11) is 0. The predicted molar refractivity (Wildman–Crippen MR) is 234 cm³/mol. The van der Waals surface area contributed by atoms with E-state index in [9.17, 15) is 15.0 Å². The minimum Gasteiger partial charge on any atom is -0.394 e. The molecule has 0 saturated carbocycles. The molecule has 0 aromatic rings. The van der Waals surface area contributed by atoms with E-state index >= 15 is 0 Å². The smallest absolute Gasteiger partial charge is 0.220 e. The van der Waals surface area contributed by atoms with Gasteiger partial charge in [0.05, 0.1) is 18.8 Å². The van der Waals surface area contributed by atoms with Crippen LogP contribution >= 0.6 is 0 Å². The maximum absolute atomic E-state index is 12.4. The molecule has 0 aliphatic rings. The van der Waals surface area contributed by atoms with E-state index in [1.807, 2.05) is 0 Å². The van der Waals surface area contributed by atoms with Gasteiger partial charge in [-0.2, -0.15) is 0 Å². The topological polar surface area (TPSA) is 69.6 Å². The van der Waals surface area contributed by atoms with Crippen LogP contribution in [0.3, 0.4) is 0 Å². The van der Waals surface area contributed by atoms with Crippen LogP contribution < -0.4 is 5.32 Å². The number of hydrogen-bond acceptors (Lipinski definition) is 3. The van der Waals surface area contributed by atoms with Gasteiger partial charge < -0.3 is 15.5 Å². The van der Waals surface area contributed by atoms with Gasteiger partial charge in [0.1, 0.15) is 0 Å². The molecule has 53 heavy (non-hydrogen) atoms. The van der Waals surface area contributed by atoms with Crippen molar-refractivity contribution in [3.8, 4) is 0 Å². The molecule has 0 aliphatic heterocycles. The molecular formula is C49H89NO3. The highest BCUT2D eigenvalue weighted by Gasteiger charge is 2.19. The molecule has 3 N–H and O–H groups in total. The molecule has 0 radical (unpaired) electrons. The summed E-state index contributed by atoms with van der Waals surface area (Å²) in [5, 5.41) is 23.2. The Morgan fingerprint density at radius 1 is 0.472 bits per heavy atom. The van der Waals surface area contributed by atoms with E-state index in [-0.39, 0.29) is 12.5 Å². The number of carbonyl (C=O) groups is 1. The van der Waals surface area contributed by atoms with Crippen molar-refractivity contribution in [1.29, 1.82) is 0 Å². The lowest BCUT2D eigenvalue weighted by molar-refractivity contribution is -0.123. The van der Waals surface area contributed by atoms with Gasteiger partial charge in [-0.15, -0.1) is 0 Å². The average Bonchev–Trinajstić information content (AvgIpc) is 3.16. The fourth-order valence-electron chi connectivity index (χ4n) is 6.81. The van der Waals surface area contributed by atoms with Gasteiger partial charge in [0.2, 0.25) is 5.91 Å². The molecule has 0 bridgehead atoms. The van der Waals surface area contributed by atoms with Crippen molar-refractivity contribution in [2.75, 3.05) is 6.61 Å². The first-order valence-electron chi connectivity index (χ1n) is 23.0. The first-order chi connectivity index (χ1) is 26.2. The number of aliphatic hydroxyl groups is 2. The molecule has 2 atom stereocenters. The summed E-state index contributed by atoms with van der Waals surface area (Å²) >= 11 is 0. The molecule has 0 spiro atoms. The normalized spacial score (nSPS) is 13.5. The lowest BCUT2D eigenvalue weighted by Gasteiger charge is -2.22. The molecule has 0 heterocycles. The van der Waals surface area contributed by atoms with Crippen LogP contribution in [0.5, 0.6) is 0 Å². The summed E-state index contributed by atoms with van der Waals surface area (Å²) in [4.78, 5) is 12.4. The third-order valence-corrected chi connectivity index (χ3v) is 10.3. The van der Waals surface area contributed by atoms with Crippen molar-refractivity contribution < 1.29 is 15.0 Å². The summed E-state index contributed by atoms with van der Waals surface area (Å²) in [5.74, 6) is -0.0879. The Kier molecular flexibility index (Phi) is 42.9. The number of unbranched alkanes of at least 4 members (excludes halogenated alkanes) is 24. The fourth-order valence-corrected chi connectivity index (χ4v) is 6.81. The largest absolute Gasteiger partial charge is 0.394 e. The van der Waals surface area contributed by atoms with Crippen LogP contribution in [0.15, 0.2) is 60.8 Å². The third kappa shape index (κ3) is 41.1. The van der Waals surface area contributed by atoms with E-state index in [2.05, 4.69) is 79.9 Å². The molecule has 0 saturated heterocycles. The van der Waals surface area contributed by atoms with Gasteiger partial charge >= 0.3 is 0 Å². The summed E-state index contributed by atoms with van der Waals surface area (Å²) < 4.78 is 0. The highest BCUT2D eigenvalue weighted by molar-refractivity contribution is 5.76. The van der Waals surface area contributed by atoms with E-state index in [4.69, 9.17) is 0 Å². The summed E-state index contributed by atoms with van der Waals surface area (Å²) in [6, 6.07) is -0.569. The number of rotatable bonds is 41. The standard InChI is InChI=1S/C49H89NO3/c1-3-5-7-9-11-13-15-17-19-21-22-23-24-25-26-27-29-30-32-34-36-38-40-42-44-48(52)47(46-51)50-49(53)45-43-41-39-37-35-33-31-28-20-18-16-14-12-10-8-6-4-2/h6,8,12,14,18,20,31,33,37,39,47-48,51-52H,3-5,7,9-11,13,15-17,19,21-30,32,34-36,38,40-46H2,1-2H3,(H,50,53)/b8-6-,14-12-,20-18-,33-31-,39-37-. The highest BCUT2D eigenvalue weighted by Crippen LogP contribution is 2.16. The Bertz CT molecular complexity index is 888. The van der Waals surface area contributed by atoms with Crippen molar-refractivity contribution >= 4 is 5.91 Å².